The molecule has 0 aliphatic rings. The number of hydrogen-bond acceptors (Lipinski definition) is 2. The van der Waals surface area contributed by atoms with E-state index in [2.05, 4.69) is 121 Å². The number of fused-ring (bicyclic) bond motifs is 5. The first kappa shape index (κ1) is 21.8. The van der Waals surface area contributed by atoms with Crippen molar-refractivity contribution in [2.24, 2.45) is 0 Å². The third kappa shape index (κ3) is 3.46. The summed E-state index contributed by atoms with van der Waals surface area (Å²) in [5, 5.41) is 7.15. The summed E-state index contributed by atoms with van der Waals surface area (Å²) in [6.45, 7) is 0. The Morgan fingerprint density at radius 3 is 1.62 bits per heavy atom. The second kappa shape index (κ2) is 8.68. The molecule has 39 heavy (non-hydrogen) atoms. The first-order chi connectivity index (χ1) is 19.3. The number of para-hydroxylation sites is 1. The normalized spacial score (nSPS) is 11.6. The van der Waals surface area contributed by atoms with E-state index in [-0.39, 0.29) is 0 Å². The number of rotatable bonds is 3. The number of benzene rings is 6. The smallest absolute Gasteiger partial charge is 0.135 e. The van der Waals surface area contributed by atoms with Crippen LogP contribution >= 0.6 is 0 Å². The van der Waals surface area contributed by atoms with Gasteiger partial charge in [-0.3, -0.25) is 4.98 Å². The SMILES string of the molecule is c1ccc(-c2c3ccccc3c(-c3ccc(-c4ccc5oc6ccccc6c5c4)cn3)c3ccccc23)cc1. The van der Waals surface area contributed by atoms with Gasteiger partial charge in [0.2, 0.25) is 0 Å². The third-order valence-electron chi connectivity index (χ3n) is 7.72. The van der Waals surface area contributed by atoms with Crippen molar-refractivity contribution in [3.8, 4) is 33.5 Å². The molecule has 0 spiro atoms. The van der Waals surface area contributed by atoms with Crippen molar-refractivity contribution in [2.75, 3.05) is 0 Å². The molecule has 0 saturated carbocycles. The van der Waals surface area contributed by atoms with Crippen LogP contribution in [0.1, 0.15) is 0 Å². The van der Waals surface area contributed by atoms with Crippen LogP contribution in [0.3, 0.4) is 0 Å². The second-order valence-electron chi connectivity index (χ2n) is 9.95. The first-order valence-corrected chi connectivity index (χ1v) is 13.2. The Kier molecular flexibility index (Phi) is 4.86. The van der Waals surface area contributed by atoms with E-state index in [9.17, 15) is 0 Å². The lowest BCUT2D eigenvalue weighted by Crippen LogP contribution is -1.92. The number of aromatic nitrogens is 1. The summed E-state index contributed by atoms with van der Waals surface area (Å²) < 4.78 is 6.03. The van der Waals surface area contributed by atoms with Gasteiger partial charge >= 0.3 is 0 Å². The summed E-state index contributed by atoms with van der Waals surface area (Å²) in [6.07, 6.45) is 1.99. The molecule has 0 aliphatic heterocycles. The lowest BCUT2D eigenvalue weighted by Gasteiger charge is -2.17. The van der Waals surface area contributed by atoms with Crippen LogP contribution in [0.15, 0.2) is 144 Å². The van der Waals surface area contributed by atoms with Crippen LogP contribution in [0.5, 0.6) is 0 Å². The Balaban J connectivity index is 1.31. The van der Waals surface area contributed by atoms with Crippen molar-refractivity contribution in [1.29, 1.82) is 0 Å². The van der Waals surface area contributed by atoms with Crippen molar-refractivity contribution in [2.45, 2.75) is 0 Å². The zero-order valence-corrected chi connectivity index (χ0v) is 21.1. The Morgan fingerprint density at radius 2 is 0.949 bits per heavy atom. The highest BCUT2D eigenvalue weighted by molar-refractivity contribution is 6.21. The highest BCUT2D eigenvalue weighted by Gasteiger charge is 2.17. The summed E-state index contributed by atoms with van der Waals surface area (Å²) in [7, 11) is 0. The van der Waals surface area contributed by atoms with Crippen molar-refractivity contribution >= 4 is 43.5 Å². The van der Waals surface area contributed by atoms with E-state index in [0.717, 1.165) is 38.8 Å². The third-order valence-corrected chi connectivity index (χ3v) is 7.72. The summed E-state index contributed by atoms with van der Waals surface area (Å²) in [5.41, 5.74) is 8.66. The Hall–Kier alpha value is -5.21. The monoisotopic (exact) mass is 497 g/mol. The maximum Gasteiger partial charge on any atom is 0.135 e. The van der Waals surface area contributed by atoms with E-state index in [0.29, 0.717) is 0 Å². The van der Waals surface area contributed by atoms with E-state index in [1.807, 2.05) is 18.3 Å². The Morgan fingerprint density at radius 1 is 0.385 bits per heavy atom. The molecule has 0 bridgehead atoms. The Labute approximate surface area is 225 Å². The zero-order chi connectivity index (χ0) is 25.8. The molecule has 0 radical (unpaired) electrons. The number of nitrogens with zero attached hydrogens (tertiary/aromatic N) is 1. The molecule has 0 amide bonds. The molecule has 2 nitrogen and oxygen atoms in total. The van der Waals surface area contributed by atoms with Crippen LogP contribution in [-0.2, 0) is 0 Å². The molecule has 2 heteroatoms. The molecule has 8 aromatic rings. The van der Waals surface area contributed by atoms with Crippen molar-refractivity contribution in [3.63, 3.8) is 0 Å². The number of pyridine rings is 1. The minimum absolute atomic E-state index is 0.904. The van der Waals surface area contributed by atoms with Crippen LogP contribution in [0.2, 0.25) is 0 Å². The molecule has 6 aromatic carbocycles. The summed E-state index contributed by atoms with van der Waals surface area (Å²) in [6, 6.07) is 47.0. The maximum absolute atomic E-state index is 6.03. The van der Waals surface area contributed by atoms with Gasteiger partial charge in [0.25, 0.3) is 0 Å². The van der Waals surface area contributed by atoms with E-state index < -0.39 is 0 Å². The molecule has 2 aromatic heterocycles. The van der Waals surface area contributed by atoms with Crippen LogP contribution in [0.25, 0.3) is 77.0 Å². The molecular weight excluding hydrogens is 474 g/mol. The van der Waals surface area contributed by atoms with E-state index >= 15 is 0 Å². The first-order valence-electron chi connectivity index (χ1n) is 13.2. The summed E-state index contributed by atoms with van der Waals surface area (Å²) in [5.74, 6) is 0. The lowest BCUT2D eigenvalue weighted by atomic mass is 9.87. The average Bonchev–Trinajstić information content (AvgIpc) is 3.38. The van der Waals surface area contributed by atoms with Gasteiger partial charge < -0.3 is 4.42 Å². The predicted molar refractivity (Wildman–Crippen MR) is 163 cm³/mol. The van der Waals surface area contributed by atoms with E-state index in [4.69, 9.17) is 9.40 Å². The summed E-state index contributed by atoms with van der Waals surface area (Å²) in [4.78, 5) is 5.03. The largest absolute Gasteiger partial charge is 0.456 e. The molecule has 182 valence electrons. The van der Waals surface area contributed by atoms with Gasteiger partial charge in [-0.05, 0) is 62.5 Å². The van der Waals surface area contributed by atoms with Gasteiger partial charge in [0.1, 0.15) is 11.2 Å². The van der Waals surface area contributed by atoms with Gasteiger partial charge in [-0.2, -0.15) is 0 Å². The fourth-order valence-corrected chi connectivity index (χ4v) is 5.94. The lowest BCUT2D eigenvalue weighted by molar-refractivity contribution is 0.669. The van der Waals surface area contributed by atoms with Gasteiger partial charge in [-0.1, -0.05) is 109 Å². The zero-order valence-electron chi connectivity index (χ0n) is 21.1. The molecule has 0 atom stereocenters. The van der Waals surface area contributed by atoms with Crippen molar-refractivity contribution in [1.82, 2.24) is 4.98 Å². The molecule has 0 unspecified atom stereocenters. The highest BCUT2D eigenvalue weighted by Crippen LogP contribution is 2.43. The van der Waals surface area contributed by atoms with Gasteiger partial charge in [0.05, 0.1) is 5.69 Å². The van der Waals surface area contributed by atoms with Crippen LogP contribution in [-0.4, -0.2) is 4.98 Å². The van der Waals surface area contributed by atoms with Crippen LogP contribution < -0.4 is 0 Å². The van der Waals surface area contributed by atoms with E-state index in [1.54, 1.807) is 0 Å². The average molecular weight is 498 g/mol. The second-order valence-corrected chi connectivity index (χ2v) is 9.95. The minimum Gasteiger partial charge on any atom is -0.456 e. The highest BCUT2D eigenvalue weighted by atomic mass is 16.3. The molecule has 8 rings (SSSR count). The fourth-order valence-electron chi connectivity index (χ4n) is 5.94. The molecular formula is C37H23NO. The minimum atomic E-state index is 0.904. The topological polar surface area (TPSA) is 26.0 Å². The van der Waals surface area contributed by atoms with Gasteiger partial charge in [0.15, 0.2) is 0 Å². The molecule has 0 fully saturated rings. The number of hydrogen-bond donors (Lipinski definition) is 0. The summed E-state index contributed by atoms with van der Waals surface area (Å²) >= 11 is 0. The van der Waals surface area contributed by atoms with Crippen LogP contribution in [0, 0.1) is 0 Å². The fraction of sp³-hybridized carbons (Fsp3) is 0. The predicted octanol–water partition coefficient (Wildman–Crippen LogP) is 10.3. The maximum atomic E-state index is 6.03. The Bertz CT molecular complexity index is 2100. The van der Waals surface area contributed by atoms with Crippen molar-refractivity contribution < 1.29 is 4.42 Å². The van der Waals surface area contributed by atoms with E-state index in [1.165, 1.54) is 38.2 Å². The molecule has 0 N–H and O–H groups in total. The molecule has 0 saturated heterocycles. The van der Waals surface area contributed by atoms with Crippen molar-refractivity contribution in [3.05, 3.63) is 140 Å². The quantitative estimate of drug-likeness (QED) is 0.227. The standard InChI is InChI=1S/C37H23NO/c1-2-10-24(11-3-1)36-28-13-4-6-15-30(28)37(31-16-7-5-14-29(31)36)33-20-18-26(23-38-33)25-19-21-35-32(22-25)27-12-8-9-17-34(27)39-35/h1-23H. The number of furan rings is 1. The van der Waals surface area contributed by atoms with Gasteiger partial charge in [-0.25, -0.2) is 0 Å². The molecule has 0 aliphatic carbocycles. The van der Waals surface area contributed by atoms with Gasteiger partial charge in [-0.15, -0.1) is 0 Å². The molecule has 2 heterocycles. The van der Waals surface area contributed by atoms with Crippen LogP contribution in [0.4, 0.5) is 0 Å². The van der Waals surface area contributed by atoms with Gasteiger partial charge in [0, 0.05) is 28.1 Å².